The zero-order chi connectivity index (χ0) is 19.4. The van der Waals surface area contributed by atoms with Crippen LogP contribution in [0.4, 0.5) is 5.69 Å². The highest BCUT2D eigenvalue weighted by molar-refractivity contribution is 9.10. The van der Waals surface area contributed by atoms with Crippen LogP contribution in [0.3, 0.4) is 0 Å². The Bertz CT molecular complexity index is 1020. The van der Waals surface area contributed by atoms with Crippen molar-refractivity contribution in [3.05, 3.63) is 81.8 Å². The normalized spacial score (nSPS) is 10.3. The van der Waals surface area contributed by atoms with E-state index in [0.29, 0.717) is 21.3 Å². The molecule has 0 aliphatic carbocycles. The number of nitrogens with two attached hydrogens (primary N) is 1. The minimum absolute atomic E-state index is 0.0704. The van der Waals surface area contributed by atoms with Gasteiger partial charge in [-0.15, -0.1) is 0 Å². The quantitative estimate of drug-likeness (QED) is 0.214. The molecular weight excluding hydrogens is 414 g/mol. The molecule has 0 atom stereocenters. The first-order valence-corrected chi connectivity index (χ1v) is 8.55. The third-order valence-corrected chi connectivity index (χ3v) is 4.22. The van der Waals surface area contributed by atoms with Crippen LogP contribution in [0.1, 0.15) is 36.9 Å². The number of carbonyl (C=O) groups excluding carboxylic acids is 3. The molecule has 0 saturated heterocycles. The number of hydrogen-bond donors (Lipinski definition) is 4. The average molecular weight is 428 g/mol. The second-order valence-electron chi connectivity index (χ2n) is 5.44. The smallest absolute Gasteiger partial charge is 0.286 e. The molecule has 3 aromatic rings. The van der Waals surface area contributed by atoms with Crippen LogP contribution < -0.4 is 16.6 Å². The maximum atomic E-state index is 12.8. The molecule has 0 aliphatic heterocycles. The molecule has 0 fully saturated rings. The molecule has 8 nitrogen and oxygen atoms in total. The Morgan fingerprint density at radius 2 is 1.78 bits per heavy atom. The van der Waals surface area contributed by atoms with E-state index in [1.807, 2.05) is 11.5 Å². The van der Waals surface area contributed by atoms with Crippen LogP contribution >= 0.6 is 15.9 Å². The van der Waals surface area contributed by atoms with Gasteiger partial charge < -0.3 is 10.3 Å². The molecule has 9 heteroatoms. The molecular formula is C18H14BrN5O3. The van der Waals surface area contributed by atoms with Crippen molar-refractivity contribution >= 4 is 39.2 Å². The van der Waals surface area contributed by atoms with Crippen LogP contribution in [0, 0.1) is 0 Å². The number of nitrogens with zero attached hydrogens (tertiary/aromatic N) is 1. The van der Waals surface area contributed by atoms with Crippen molar-refractivity contribution < 1.29 is 14.4 Å². The molecule has 0 bridgehead atoms. The lowest BCUT2D eigenvalue weighted by molar-refractivity contribution is 0.0935. The maximum Gasteiger partial charge on any atom is 0.286 e. The lowest BCUT2D eigenvalue weighted by atomic mass is 10.0. The Kier molecular flexibility index (Phi) is 5.43. The largest absolute Gasteiger partial charge is 0.340 e. The molecule has 27 heavy (non-hydrogen) atoms. The van der Waals surface area contributed by atoms with Gasteiger partial charge in [-0.1, -0.05) is 46.3 Å². The van der Waals surface area contributed by atoms with Gasteiger partial charge in [-0.3, -0.25) is 19.8 Å². The van der Waals surface area contributed by atoms with Gasteiger partial charge >= 0.3 is 0 Å². The standard InChI is InChI=1S/C18H14BrN5O3/c19-11-6-7-13(12(8-11)16(25)10-4-2-1-3-5-10)23-17(26)14-15(18(27)24-20)22-9-21-14/h1-9H,20H2,(H,21,22)(H,23,26)(H,24,27). The predicted octanol–water partition coefficient (Wildman–Crippen LogP) is 2.26. The summed E-state index contributed by atoms with van der Waals surface area (Å²) < 4.78 is 0.685. The SMILES string of the molecule is NNC(=O)c1nc[nH]c1C(=O)Nc1ccc(Br)cc1C(=O)c1ccccc1. The van der Waals surface area contributed by atoms with Crippen molar-refractivity contribution in [1.29, 1.82) is 0 Å². The van der Waals surface area contributed by atoms with E-state index in [2.05, 4.69) is 31.2 Å². The second-order valence-corrected chi connectivity index (χ2v) is 6.35. The maximum absolute atomic E-state index is 12.8. The zero-order valence-electron chi connectivity index (χ0n) is 13.8. The van der Waals surface area contributed by atoms with E-state index in [1.54, 1.807) is 42.5 Å². The molecule has 5 N–H and O–H groups in total. The number of nitrogens with one attached hydrogen (secondary N) is 3. The number of nitrogen functional groups attached to an aromatic ring is 1. The number of aromatic amines is 1. The molecule has 2 aromatic carbocycles. The topological polar surface area (TPSA) is 130 Å². The number of aromatic nitrogens is 2. The van der Waals surface area contributed by atoms with Gasteiger partial charge in [0, 0.05) is 15.6 Å². The van der Waals surface area contributed by atoms with Crippen molar-refractivity contribution in [2.75, 3.05) is 5.32 Å². The molecule has 0 aliphatic rings. The van der Waals surface area contributed by atoms with Crippen molar-refractivity contribution in [2.45, 2.75) is 0 Å². The summed E-state index contributed by atoms with van der Waals surface area (Å²) >= 11 is 3.33. The van der Waals surface area contributed by atoms with Gasteiger partial charge in [-0.05, 0) is 18.2 Å². The van der Waals surface area contributed by atoms with E-state index < -0.39 is 11.8 Å². The first kappa shape index (κ1) is 18.5. The van der Waals surface area contributed by atoms with E-state index in [-0.39, 0.29) is 17.2 Å². The van der Waals surface area contributed by atoms with E-state index in [0.717, 1.165) is 0 Å². The Morgan fingerprint density at radius 1 is 1.04 bits per heavy atom. The summed E-state index contributed by atoms with van der Waals surface area (Å²) in [5.41, 5.74) is 2.78. The molecule has 1 aromatic heterocycles. The van der Waals surface area contributed by atoms with Crippen molar-refractivity contribution in [3.63, 3.8) is 0 Å². The third-order valence-electron chi connectivity index (χ3n) is 3.72. The molecule has 0 radical (unpaired) electrons. The number of carbonyl (C=O) groups is 3. The monoisotopic (exact) mass is 427 g/mol. The summed E-state index contributed by atoms with van der Waals surface area (Å²) in [5.74, 6) is 3.50. The first-order valence-electron chi connectivity index (χ1n) is 7.76. The van der Waals surface area contributed by atoms with E-state index in [4.69, 9.17) is 5.84 Å². The number of halogens is 1. The van der Waals surface area contributed by atoms with Crippen LogP contribution in [0.5, 0.6) is 0 Å². The average Bonchev–Trinajstić information content (AvgIpc) is 3.19. The van der Waals surface area contributed by atoms with Gasteiger partial charge in [0.25, 0.3) is 11.8 Å². The number of H-pyrrole nitrogens is 1. The summed E-state index contributed by atoms with van der Waals surface area (Å²) in [5, 5.41) is 2.64. The fraction of sp³-hybridized carbons (Fsp3) is 0. The highest BCUT2D eigenvalue weighted by Crippen LogP contribution is 2.24. The molecule has 1 heterocycles. The molecule has 0 unspecified atom stereocenters. The number of ketones is 1. The number of hydrogen-bond acceptors (Lipinski definition) is 5. The minimum atomic E-state index is -0.710. The summed E-state index contributed by atoms with van der Waals surface area (Å²) in [6.07, 6.45) is 1.21. The van der Waals surface area contributed by atoms with Gasteiger partial charge in [0.15, 0.2) is 11.5 Å². The highest BCUT2D eigenvalue weighted by atomic mass is 79.9. The van der Waals surface area contributed by atoms with Crippen LogP contribution in [0.25, 0.3) is 0 Å². The molecule has 2 amide bonds. The number of amides is 2. The van der Waals surface area contributed by atoms with E-state index >= 15 is 0 Å². The van der Waals surface area contributed by atoms with Gasteiger partial charge in [-0.2, -0.15) is 0 Å². The molecule has 136 valence electrons. The van der Waals surface area contributed by atoms with Crippen molar-refractivity contribution in [2.24, 2.45) is 5.84 Å². The Labute approximate surface area is 162 Å². The fourth-order valence-corrected chi connectivity index (χ4v) is 2.81. The Morgan fingerprint density at radius 3 is 2.48 bits per heavy atom. The number of benzene rings is 2. The molecule has 3 rings (SSSR count). The Hall–Kier alpha value is -3.30. The van der Waals surface area contributed by atoms with Crippen molar-refractivity contribution in [3.8, 4) is 0 Å². The van der Waals surface area contributed by atoms with Crippen LogP contribution in [-0.2, 0) is 0 Å². The summed E-state index contributed by atoms with van der Waals surface area (Å²) in [6, 6.07) is 13.6. The number of rotatable bonds is 5. The van der Waals surface area contributed by atoms with Gasteiger partial charge in [-0.25, -0.2) is 10.8 Å². The van der Waals surface area contributed by atoms with Crippen LogP contribution in [-0.4, -0.2) is 27.6 Å². The molecule has 0 spiro atoms. The van der Waals surface area contributed by atoms with Gasteiger partial charge in [0.2, 0.25) is 0 Å². The highest BCUT2D eigenvalue weighted by Gasteiger charge is 2.22. The molecule has 0 saturated carbocycles. The van der Waals surface area contributed by atoms with E-state index in [9.17, 15) is 14.4 Å². The van der Waals surface area contributed by atoms with Gasteiger partial charge in [0.1, 0.15) is 5.69 Å². The lowest BCUT2D eigenvalue weighted by Gasteiger charge is -2.11. The summed E-state index contributed by atoms with van der Waals surface area (Å²) in [6.45, 7) is 0. The number of imidazole rings is 1. The predicted molar refractivity (Wildman–Crippen MR) is 102 cm³/mol. The summed E-state index contributed by atoms with van der Waals surface area (Å²) in [4.78, 5) is 43.5. The second kappa shape index (κ2) is 7.94. The first-order chi connectivity index (χ1) is 13.0. The minimum Gasteiger partial charge on any atom is -0.340 e. The fourth-order valence-electron chi connectivity index (χ4n) is 2.45. The van der Waals surface area contributed by atoms with Crippen molar-refractivity contribution in [1.82, 2.24) is 15.4 Å². The number of anilines is 1. The lowest BCUT2D eigenvalue weighted by Crippen LogP contribution is -2.32. The van der Waals surface area contributed by atoms with Crippen LogP contribution in [0.2, 0.25) is 0 Å². The van der Waals surface area contributed by atoms with Gasteiger partial charge in [0.05, 0.1) is 12.0 Å². The van der Waals surface area contributed by atoms with E-state index in [1.165, 1.54) is 6.33 Å². The van der Waals surface area contributed by atoms with Crippen LogP contribution in [0.15, 0.2) is 59.3 Å². The zero-order valence-corrected chi connectivity index (χ0v) is 15.4. The Balaban J connectivity index is 1.94. The summed E-state index contributed by atoms with van der Waals surface area (Å²) in [7, 11) is 0. The number of hydrazine groups is 1. The third kappa shape index (κ3) is 3.94.